The highest BCUT2D eigenvalue weighted by Gasteiger charge is 2.61. The maximum atomic E-state index is 13.0. The molecule has 0 bridgehead atoms. The molecule has 2 aromatic rings. The molecule has 2 unspecified atom stereocenters. The van der Waals surface area contributed by atoms with Gasteiger partial charge in [0, 0.05) is 0 Å². The van der Waals surface area contributed by atoms with Gasteiger partial charge in [-0.15, -0.1) is 0 Å². The first-order valence-electron chi connectivity index (χ1n) is 18.6. The van der Waals surface area contributed by atoms with Gasteiger partial charge in [-0.2, -0.15) is 0 Å². The molecule has 5 fully saturated rings. The summed E-state index contributed by atoms with van der Waals surface area (Å²) in [6.07, 6.45) is 15.8. The van der Waals surface area contributed by atoms with E-state index in [0.29, 0.717) is 39.7 Å². The zero-order valence-electron chi connectivity index (χ0n) is 28.7. The van der Waals surface area contributed by atoms with Gasteiger partial charge >= 0.3 is 11.9 Å². The summed E-state index contributed by atoms with van der Waals surface area (Å²) in [7, 11) is 0. The molecule has 0 heterocycles. The Hall–Kier alpha value is -2.62. The minimum Gasteiger partial charge on any atom is -0.458 e. The van der Waals surface area contributed by atoms with Crippen LogP contribution in [-0.2, 0) is 9.47 Å². The highest BCUT2D eigenvalue weighted by molar-refractivity contribution is 5.90. The predicted octanol–water partition coefficient (Wildman–Crippen LogP) is 10.3. The number of esters is 2. The maximum Gasteiger partial charge on any atom is 0.338 e. The first-order valence-corrected chi connectivity index (χ1v) is 18.6. The van der Waals surface area contributed by atoms with Crippen molar-refractivity contribution in [2.45, 2.75) is 123 Å². The molecule has 0 aromatic heterocycles. The van der Waals surface area contributed by atoms with E-state index in [4.69, 9.17) is 9.47 Å². The normalized spacial score (nSPS) is 38.0. The van der Waals surface area contributed by atoms with Gasteiger partial charge in [0.15, 0.2) is 0 Å². The Kier molecular flexibility index (Phi) is 8.64. The van der Waals surface area contributed by atoms with Gasteiger partial charge in [0.1, 0.15) is 11.7 Å². The summed E-state index contributed by atoms with van der Waals surface area (Å²) in [5, 5.41) is 0. The van der Waals surface area contributed by atoms with Crippen LogP contribution in [0.3, 0.4) is 0 Å². The van der Waals surface area contributed by atoms with Crippen LogP contribution in [-0.4, -0.2) is 23.6 Å². The fourth-order valence-corrected chi connectivity index (χ4v) is 11.6. The Morgan fingerprint density at radius 1 is 0.717 bits per heavy atom. The minimum atomic E-state index is -0.366. The molecule has 7 rings (SSSR count). The molecule has 5 aliphatic carbocycles. The summed E-state index contributed by atoms with van der Waals surface area (Å²) in [6.45, 7) is 9.96. The smallest absolute Gasteiger partial charge is 0.338 e. The highest BCUT2D eigenvalue weighted by atomic mass is 16.6. The van der Waals surface area contributed by atoms with Crippen LogP contribution >= 0.6 is 0 Å². The van der Waals surface area contributed by atoms with Crippen LogP contribution in [0.2, 0.25) is 0 Å². The van der Waals surface area contributed by atoms with Gasteiger partial charge in [-0.1, -0.05) is 57.2 Å². The number of rotatable bonds is 9. The van der Waals surface area contributed by atoms with Crippen LogP contribution in [0.4, 0.5) is 0 Å². The van der Waals surface area contributed by atoms with E-state index in [1.807, 2.05) is 60.7 Å². The van der Waals surface area contributed by atoms with E-state index in [1.165, 1.54) is 57.8 Å². The van der Waals surface area contributed by atoms with Gasteiger partial charge in [-0.05, 0) is 167 Å². The lowest BCUT2D eigenvalue weighted by atomic mass is 9.43. The summed E-state index contributed by atoms with van der Waals surface area (Å²) in [5.41, 5.74) is 1.74. The summed E-state index contributed by atoms with van der Waals surface area (Å²) < 4.78 is 12.4. The van der Waals surface area contributed by atoms with E-state index < -0.39 is 0 Å². The average molecular weight is 625 g/mol. The Morgan fingerprint density at radius 3 is 2.04 bits per heavy atom. The van der Waals surface area contributed by atoms with Crippen molar-refractivity contribution in [1.82, 2.24) is 0 Å². The fraction of sp³-hybridized carbons (Fsp3) is 0.667. The number of ether oxygens (including phenoxy) is 2. The molecule has 4 nitrogen and oxygen atoms in total. The molecule has 5 saturated carbocycles. The zero-order valence-corrected chi connectivity index (χ0v) is 28.7. The van der Waals surface area contributed by atoms with Crippen LogP contribution in [0.1, 0.15) is 132 Å². The van der Waals surface area contributed by atoms with Crippen LogP contribution in [0.5, 0.6) is 0 Å². The van der Waals surface area contributed by atoms with Crippen LogP contribution in [0.15, 0.2) is 60.7 Å². The second-order valence-corrected chi connectivity index (χ2v) is 17.0. The van der Waals surface area contributed by atoms with E-state index in [0.717, 1.165) is 49.4 Å². The Balaban J connectivity index is 0.973. The molecule has 5 aliphatic rings. The van der Waals surface area contributed by atoms with Crippen molar-refractivity contribution in [3.8, 4) is 0 Å². The third-order valence-corrected chi connectivity index (χ3v) is 14.4. The topological polar surface area (TPSA) is 52.6 Å². The fourth-order valence-electron chi connectivity index (χ4n) is 11.6. The first kappa shape index (κ1) is 32.0. The molecule has 2 aromatic carbocycles. The standard InChI is InChI=1S/C42H56O4/c1-28(15-22-37(29-16-17-29)45-38(43)30-11-7-5-8-12-30)34-20-21-35-33-19-18-32-27-40(2,46-39(44)31-13-9-6-10-14-31)25-26-41(32,3)36(33)23-24-42(34,35)4/h5-14,28-29,32-37H,15-27H2,1-4H3/t28-,32+,33+,34-,35+,36?,37?,40+,41+,42-/m1/s1. The van der Waals surface area contributed by atoms with E-state index in [9.17, 15) is 9.59 Å². The quantitative estimate of drug-likeness (QED) is 0.261. The molecule has 0 radical (unpaired) electrons. The van der Waals surface area contributed by atoms with E-state index in [2.05, 4.69) is 27.7 Å². The third-order valence-electron chi connectivity index (χ3n) is 14.4. The predicted molar refractivity (Wildman–Crippen MR) is 182 cm³/mol. The second kappa shape index (κ2) is 12.4. The maximum absolute atomic E-state index is 13.0. The average Bonchev–Trinajstić information content (AvgIpc) is 3.84. The number of carbonyl (C=O) groups is 2. The lowest BCUT2D eigenvalue weighted by Gasteiger charge is -2.62. The van der Waals surface area contributed by atoms with Gasteiger partial charge in [-0.25, -0.2) is 9.59 Å². The Bertz CT molecular complexity index is 1380. The zero-order chi connectivity index (χ0) is 32.1. The van der Waals surface area contributed by atoms with E-state index in [-0.39, 0.29) is 23.6 Å². The lowest BCUT2D eigenvalue weighted by molar-refractivity contribution is -0.149. The van der Waals surface area contributed by atoms with Crippen LogP contribution < -0.4 is 0 Å². The van der Waals surface area contributed by atoms with E-state index in [1.54, 1.807) is 0 Å². The molecule has 4 heteroatoms. The van der Waals surface area contributed by atoms with Crippen molar-refractivity contribution in [2.24, 2.45) is 52.3 Å². The molecule has 0 amide bonds. The lowest BCUT2D eigenvalue weighted by Crippen LogP contribution is -2.56. The highest BCUT2D eigenvalue weighted by Crippen LogP contribution is 2.69. The molecule has 0 aliphatic heterocycles. The number of carbonyl (C=O) groups excluding carboxylic acids is 2. The van der Waals surface area contributed by atoms with Crippen molar-refractivity contribution in [3.05, 3.63) is 71.8 Å². The van der Waals surface area contributed by atoms with Crippen LogP contribution in [0, 0.1) is 52.3 Å². The van der Waals surface area contributed by atoms with Crippen molar-refractivity contribution >= 4 is 11.9 Å². The SMILES string of the molecule is C[C@H](CCC(OC(=O)c1ccccc1)C1CC1)[C@H]1CC[C@H]2[C@@H]3CC[C@H]4C[C@@](C)(OC(=O)c5ccccc5)CC[C@]4(C)C3CC[C@]12C. The first-order chi connectivity index (χ1) is 22.1. The van der Waals surface area contributed by atoms with Gasteiger partial charge in [0.05, 0.1) is 11.1 Å². The molecule has 10 atom stereocenters. The number of fused-ring (bicyclic) bond motifs is 5. The molecule has 0 N–H and O–H groups in total. The molecule has 248 valence electrons. The number of benzene rings is 2. The molecule has 0 saturated heterocycles. The number of hydrogen-bond donors (Lipinski definition) is 0. The largest absolute Gasteiger partial charge is 0.458 e. The molecule has 46 heavy (non-hydrogen) atoms. The molecule has 0 spiro atoms. The molecular formula is C42H56O4. The van der Waals surface area contributed by atoms with Crippen molar-refractivity contribution in [3.63, 3.8) is 0 Å². The summed E-state index contributed by atoms with van der Waals surface area (Å²) >= 11 is 0. The third kappa shape index (κ3) is 5.96. The van der Waals surface area contributed by atoms with Gasteiger partial charge in [-0.3, -0.25) is 0 Å². The summed E-state index contributed by atoms with van der Waals surface area (Å²) in [6, 6.07) is 19.0. The van der Waals surface area contributed by atoms with Crippen molar-refractivity contribution in [2.75, 3.05) is 0 Å². The Labute approximate surface area is 277 Å². The Morgan fingerprint density at radius 2 is 1.37 bits per heavy atom. The summed E-state index contributed by atoms with van der Waals surface area (Å²) in [5.74, 6) is 4.74. The van der Waals surface area contributed by atoms with Gasteiger partial charge < -0.3 is 9.47 Å². The second-order valence-electron chi connectivity index (χ2n) is 17.0. The van der Waals surface area contributed by atoms with Crippen molar-refractivity contribution < 1.29 is 19.1 Å². The van der Waals surface area contributed by atoms with Gasteiger partial charge in [0.2, 0.25) is 0 Å². The minimum absolute atomic E-state index is 0.0649. The number of hydrogen-bond acceptors (Lipinski definition) is 4. The van der Waals surface area contributed by atoms with Crippen molar-refractivity contribution in [1.29, 1.82) is 0 Å². The van der Waals surface area contributed by atoms with Gasteiger partial charge in [0.25, 0.3) is 0 Å². The monoisotopic (exact) mass is 624 g/mol. The van der Waals surface area contributed by atoms with Crippen LogP contribution in [0.25, 0.3) is 0 Å². The molecular weight excluding hydrogens is 568 g/mol. The van der Waals surface area contributed by atoms with E-state index >= 15 is 0 Å². The summed E-state index contributed by atoms with van der Waals surface area (Å²) in [4.78, 5) is 25.9.